The minimum absolute atomic E-state index is 0.199. The molecule has 8 heteroatoms. The zero-order valence-electron chi connectivity index (χ0n) is 15.5. The van der Waals surface area contributed by atoms with Gasteiger partial charge < -0.3 is 14.2 Å². The Balaban J connectivity index is 1.82. The first-order valence-electron chi connectivity index (χ1n) is 8.41. The summed E-state index contributed by atoms with van der Waals surface area (Å²) >= 11 is 1.30. The van der Waals surface area contributed by atoms with E-state index < -0.39 is 0 Å². The Hall–Kier alpha value is -3.39. The Bertz CT molecular complexity index is 1220. The summed E-state index contributed by atoms with van der Waals surface area (Å²) in [5.41, 5.74) is 1.42. The van der Waals surface area contributed by atoms with E-state index in [1.807, 2.05) is 36.4 Å². The van der Waals surface area contributed by atoms with Crippen molar-refractivity contribution in [3.05, 3.63) is 62.9 Å². The molecule has 0 saturated heterocycles. The zero-order valence-corrected chi connectivity index (χ0v) is 16.3. The van der Waals surface area contributed by atoms with Gasteiger partial charge in [0.25, 0.3) is 5.56 Å². The summed E-state index contributed by atoms with van der Waals surface area (Å²) < 4.78 is 18.0. The number of hydrogen-bond donors (Lipinski definition) is 0. The van der Waals surface area contributed by atoms with Crippen LogP contribution in [0, 0.1) is 0 Å². The Morgan fingerprint density at radius 2 is 1.68 bits per heavy atom. The van der Waals surface area contributed by atoms with E-state index in [-0.39, 0.29) is 5.56 Å². The van der Waals surface area contributed by atoms with Crippen LogP contribution in [0.4, 0.5) is 0 Å². The molecule has 0 unspecified atom stereocenters. The lowest BCUT2D eigenvalue weighted by Crippen LogP contribution is -2.23. The van der Waals surface area contributed by atoms with Gasteiger partial charge >= 0.3 is 0 Å². The van der Waals surface area contributed by atoms with Crippen LogP contribution in [0.2, 0.25) is 0 Å². The molecular weight excluding hydrogens is 378 g/mol. The second-order valence-electron chi connectivity index (χ2n) is 5.87. The van der Waals surface area contributed by atoms with Crippen LogP contribution in [-0.4, -0.2) is 35.9 Å². The van der Waals surface area contributed by atoms with Gasteiger partial charge in [0.2, 0.25) is 10.7 Å². The molecule has 2 heterocycles. The first-order chi connectivity index (χ1) is 13.6. The second-order valence-corrected chi connectivity index (χ2v) is 6.88. The van der Waals surface area contributed by atoms with Gasteiger partial charge in [-0.1, -0.05) is 41.7 Å². The van der Waals surface area contributed by atoms with Crippen LogP contribution in [0.25, 0.3) is 22.4 Å². The predicted octanol–water partition coefficient (Wildman–Crippen LogP) is 2.39. The van der Waals surface area contributed by atoms with Crippen LogP contribution in [0.15, 0.2) is 47.3 Å². The molecule has 0 saturated carbocycles. The van der Waals surface area contributed by atoms with Gasteiger partial charge in [0.05, 0.1) is 25.9 Å². The Labute approximate surface area is 164 Å². The summed E-state index contributed by atoms with van der Waals surface area (Å²) in [6.07, 6.45) is 1.84. The van der Waals surface area contributed by atoms with Gasteiger partial charge in [-0.15, -0.1) is 5.10 Å². The highest BCUT2D eigenvalue weighted by atomic mass is 32.1. The summed E-state index contributed by atoms with van der Waals surface area (Å²) in [6, 6.07) is 13.2. The molecule has 2 aromatic carbocycles. The van der Waals surface area contributed by atoms with Gasteiger partial charge in [0, 0.05) is 5.56 Å². The van der Waals surface area contributed by atoms with Gasteiger partial charge in [-0.2, -0.15) is 9.50 Å². The molecular formula is C20H17N3O4S. The molecule has 0 N–H and O–H groups in total. The van der Waals surface area contributed by atoms with Crippen LogP contribution < -0.4 is 24.3 Å². The lowest BCUT2D eigenvalue weighted by atomic mass is 10.1. The molecule has 0 radical (unpaired) electrons. The van der Waals surface area contributed by atoms with Gasteiger partial charge in [-0.05, 0) is 23.8 Å². The summed E-state index contributed by atoms with van der Waals surface area (Å²) in [5, 5.41) is 4.38. The standard InChI is InChI=1S/C20H17N3O4S/c1-25-14-10-13(11-15(26-2)17(14)27-3)18-21-20-23(22-18)19(24)16(28-20)9-12-7-5-4-6-8-12/h4-11H,1-3H3/b16-9-. The molecule has 0 spiro atoms. The molecule has 0 atom stereocenters. The number of nitrogens with zero attached hydrogens (tertiary/aromatic N) is 3. The molecule has 4 aromatic rings. The number of fused-ring (bicyclic) bond motifs is 1. The van der Waals surface area contributed by atoms with Crippen molar-refractivity contribution >= 4 is 22.4 Å². The average Bonchev–Trinajstić information content (AvgIpc) is 3.27. The van der Waals surface area contributed by atoms with Crippen LogP contribution >= 0.6 is 11.3 Å². The van der Waals surface area contributed by atoms with Gasteiger partial charge in [0.15, 0.2) is 17.3 Å². The first-order valence-corrected chi connectivity index (χ1v) is 9.23. The largest absolute Gasteiger partial charge is 0.493 e. The maximum Gasteiger partial charge on any atom is 0.291 e. The van der Waals surface area contributed by atoms with E-state index in [1.165, 1.54) is 15.9 Å². The lowest BCUT2D eigenvalue weighted by molar-refractivity contribution is 0.324. The third-order valence-corrected chi connectivity index (χ3v) is 5.16. The second kappa shape index (κ2) is 7.32. The molecule has 142 valence electrons. The zero-order chi connectivity index (χ0) is 19.7. The highest BCUT2D eigenvalue weighted by Gasteiger charge is 2.18. The average molecular weight is 395 g/mol. The fourth-order valence-electron chi connectivity index (χ4n) is 2.87. The maximum atomic E-state index is 12.7. The van der Waals surface area contributed by atoms with Gasteiger partial charge in [0.1, 0.15) is 0 Å². The molecule has 7 nitrogen and oxygen atoms in total. The van der Waals surface area contributed by atoms with Crippen molar-refractivity contribution in [2.45, 2.75) is 0 Å². The Morgan fingerprint density at radius 1 is 1.00 bits per heavy atom. The predicted molar refractivity (Wildman–Crippen MR) is 107 cm³/mol. The van der Waals surface area contributed by atoms with Crippen LogP contribution in [0.1, 0.15) is 5.56 Å². The molecule has 0 aliphatic rings. The molecule has 2 aromatic heterocycles. The van der Waals surface area contributed by atoms with Crippen LogP contribution in [-0.2, 0) is 0 Å². The maximum absolute atomic E-state index is 12.7. The topological polar surface area (TPSA) is 75.0 Å². The first kappa shape index (κ1) is 18.0. The molecule has 0 aliphatic carbocycles. The van der Waals surface area contributed by atoms with E-state index >= 15 is 0 Å². The number of ether oxygens (including phenoxy) is 3. The van der Waals surface area contributed by atoms with Crippen molar-refractivity contribution in [1.29, 1.82) is 0 Å². The minimum Gasteiger partial charge on any atom is -0.493 e. The molecule has 0 aliphatic heterocycles. The summed E-state index contributed by atoms with van der Waals surface area (Å²) in [5.74, 6) is 1.89. The van der Waals surface area contributed by atoms with Crippen molar-refractivity contribution in [3.8, 4) is 28.6 Å². The quantitative estimate of drug-likeness (QED) is 0.517. The smallest absolute Gasteiger partial charge is 0.291 e. The fourth-order valence-corrected chi connectivity index (χ4v) is 3.77. The fraction of sp³-hybridized carbons (Fsp3) is 0.150. The van der Waals surface area contributed by atoms with E-state index in [0.29, 0.717) is 38.1 Å². The highest BCUT2D eigenvalue weighted by Crippen LogP contribution is 2.40. The minimum atomic E-state index is -0.199. The molecule has 4 rings (SSSR count). The van der Waals surface area contributed by atoms with Crippen LogP contribution in [0.5, 0.6) is 17.2 Å². The van der Waals surface area contributed by atoms with Crippen molar-refractivity contribution in [1.82, 2.24) is 14.6 Å². The normalized spacial score (nSPS) is 11.8. The Kier molecular flexibility index (Phi) is 4.70. The van der Waals surface area contributed by atoms with Crippen molar-refractivity contribution in [2.24, 2.45) is 0 Å². The van der Waals surface area contributed by atoms with Crippen LogP contribution in [0.3, 0.4) is 0 Å². The number of hydrogen-bond acceptors (Lipinski definition) is 7. The number of methoxy groups -OCH3 is 3. The van der Waals surface area contributed by atoms with Crippen molar-refractivity contribution in [3.63, 3.8) is 0 Å². The van der Waals surface area contributed by atoms with E-state index in [9.17, 15) is 4.79 Å². The molecule has 0 fully saturated rings. The van der Waals surface area contributed by atoms with Gasteiger partial charge in [-0.25, -0.2) is 0 Å². The summed E-state index contributed by atoms with van der Waals surface area (Å²) in [4.78, 5) is 17.7. The third kappa shape index (κ3) is 3.07. The number of aromatic nitrogens is 3. The van der Waals surface area contributed by atoms with Gasteiger partial charge in [-0.3, -0.25) is 4.79 Å². The number of thiazole rings is 1. The molecule has 0 bridgehead atoms. The summed E-state index contributed by atoms with van der Waals surface area (Å²) in [7, 11) is 4.63. The summed E-state index contributed by atoms with van der Waals surface area (Å²) in [6.45, 7) is 0. The number of rotatable bonds is 5. The Morgan fingerprint density at radius 3 is 2.25 bits per heavy atom. The molecule has 0 amide bonds. The highest BCUT2D eigenvalue weighted by molar-refractivity contribution is 7.15. The van der Waals surface area contributed by atoms with E-state index in [1.54, 1.807) is 33.5 Å². The molecule has 28 heavy (non-hydrogen) atoms. The third-order valence-electron chi connectivity index (χ3n) is 4.20. The van der Waals surface area contributed by atoms with E-state index in [2.05, 4.69) is 10.1 Å². The van der Waals surface area contributed by atoms with E-state index in [4.69, 9.17) is 14.2 Å². The van der Waals surface area contributed by atoms with E-state index in [0.717, 1.165) is 5.56 Å². The van der Waals surface area contributed by atoms with Crippen molar-refractivity contribution < 1.29 is 14.2 Å². The van der Waals surface area contributed by atoms with Crippen molar-refractivity contribution in [2.75, 3.05) is 21.3 Å². The lowest BCUT2D eigenvalue weighted by Gasteiger charge is -2.12. The SMILES string of the molecule is COc1cc(-c2nc3s/c(=C\c4ccccc4)c(=O)n3n2)cc(OC)c1OC. The number of benzene rings is 2. The monoisotopic (exact) mass is 395 g/mol.